The van der Waals surface area contributed by atoms with E-state index < -0.39 is 10.0 Å². The molecule has 1 heterocycles. The van der Waals surface area contributed by atoms with Crippen LogP contribution in [0.25, 0.3) is 10.9 Å². The first-order valence-electron chi connectivity index (χ1n) is 13.6. The van der Waals surface area contributed by atoms with Gasteiger partial charge in [-0.2, -0.15) is 0 Å². The maximum Gasteiger partial charge on any atom is 0.268 e. The molecule has 0 saturated carbocycles. The minimum atomic E-state index is -3.79. The lowest BCUT2D eigenvalue weighted by Gasteiger charge is -2.19. The highest BCUT2D eigenvalue weighted by atomic mass is 32.2. The molecule has 0 aliphatic carbocycles. The van der Waals surface area contributed by atoms with Crippen molar-refractivity contribution < 1.29 is 13.2 Å². The number of hydrogen-bond donors (Lipinski definition) is 2. The molecule has 5 rings (SSSR count). The van der Waals surface area contributed by atoms with Gasteiger partial charge in [-0.1, -0.05) is 93.1 Å². The lowest BCUT2D eigenvalue weighted by Crippen LogP contribution is -2.25. The van der Waals surface area contributed by atoms with Crippen molar-refractivity contribution in [1.82, 2.24) is 9.88 Å². The third-order valence-corrected chi connectivity index (χ3v) is 8.53. The maximum absolute atomic E-state index is 13.4. The Morgan fingerprint density at radius 2 is 1.51 bits per heavy atom. The Balaban J connectivity index is 1.46. The molecule has 0 aliphatic rings. The van der Waals surface area contributed by atoms with Gasteiger partial charge >= 0.3 is 0 Å². The summed E-state index contributed by atoms with van der Waals surface area (Å²) in [6.07, 6.45) is 0. The van der Waals surface area contributed by atoms with E-state index in [1.54, 1.807) is 24.3 Å². The number of aryl methyl sites for hydroxylation is 1. The van der Waals surface area contributed by atoms with Crippen LogP contribution in [0.15, 0.2) is 108 Å². The highest BCUT2D eigenvalue weighted by Crippen LogP contribution is 2.28. The summed E-state index contributed by atoms with van der Waals surface area (Å²) in [5.74, 6) is -0.196. The molecule has 210 valence electrons. The fourth-order valence-corrected chi connectivity index (χ4v) is 5.95. The van der Waals surface area contributed by atoms with Crippen LogP contribution in [0.1, 0.15) is 53.5 Å². The number of sulfonamides is 1. The van der Waals surface area contributed by atoms with Crippen LogP contribution in [-0.4, -0.2) is 18.9 Å². The number of carbonyl (C=O) groups excluding carboxylic acids is 1. The average Bonchev–Trinajstić information content (AvgIpc) is 3.29. The summed E-state index contributed by atoms with van der Waals surface area (Å²) in [6, 6.07) is 32.1. The largest absolute Gasteiger partial charge is 0.347 e. The van der Waals surface area contributed by atoms with E-state index >= 15 is 0 Å². The number of benzene rings is 4. The molecular weight excluding hydrogens is 530 g/mol. The van der Waals surface area contributed by atoms with Crippen LogP contribution in [0, 0.1) is 6.92 Å². The summed E-state index contributed by atoms with van der Waals surface area (Å²) < 4.78 is 31.1. The standard InChI is InChI=1S/C34H35N3O3S/c1-24-9-8-12-26(19-24)23-37-31-18-15-29(36-41(39,40)30-16-13-28(14-17-30)34(2,3)4)20-27(31)21-32(37)33(38)35-22-25-10-6-5-7-11-25/h5-21,36H,22-23H2,1-4H3,(H,35,38). The molecule has 41 heavy (non-hydrogen) atoms. The van der Waals surface area contributed by atoms with Crippen molar-refractivity contribution >= 4 is 32.5 Å². The third kappa shape index (κ3) is 6.52. The fraction of sp³-hybridized carbons (Fsp3) is 0.206. The Kier molecular flexibility index (Phi) is 7.74. The SMILES string of the molecule is Cc1cccc(Cn2c(C(=O)NCc3ccccc3)cc3cc(NS(=O)(=O)c4ccc(C(C)(C)C)cc4)ccc32)c1. The van der Waals surface area contributed by atoms with E-state index in [-0.39, 0.29) is 16.2 Å². The summed E-state index contributed by atoms with van der Waals surface area (Å²) in [6.45, 7) is 9.22. The van der Waals surface area contributed by atoms with Gasteiger partial charge in [0.05, 0.1) is 4.90 Å². The zero-order valence-electron chi connectivity index (χ0n) is 23.8. The summed E-state index contributed by atoms with van der Waals surface area (Å²) in [4.78, 5) is 13.6. The van der Waals surface area contributed by atoms with Crippen LogP contribution < -0.4 is 10.0 Å². The summed E-state index contributed by atoms with van der Waals surface area (Å²) in [7, 11) is -3.79. The van der Waals surface area contributed by atoms with Gasteiger partial charge < -0.3 is 9.88 Å². The number of nitrogens with zero attached hydrogens (tertiary/aromatic N) is 1. The fourth-order valence-electron chi connectivity index (χ4n) is 4.90. The number of carbonyl (C=O) groups is 1. The second kappa shape index (κ2) is 11.3. The molecule has 4 aromatic carbocycles. The van der Waals surface area contributed by atoms with Crippen molar-refractivity contribution in [1.29, 1.82) is 0 Å². The molecule has 0 spiro atoms. The smallest absolute Gasteiger partial charge is 0.268 e. The lowest BCUT2D eigenvalue weighted by atomic mass is 9.87. The summed E-state index contributed by atoms with van der Waals surface area (Å²) in [5.41, 5.74) is 5.99. The van der Waals surface area contributed by atoms with E-state index in [1.807, 2.05) is 84.3 Å². The van der Waals surface area contributed by atoms with Crippen molar-refractivity contribution in [3.63, 3.8) is 0 Å². The number of hydrogen-bond acceptors (Lipinski definition) is 3. The van der Waals surface area contributed by atoms with Gasteiger partial charge in [0.15, 0.2) is 0 Å². The van der Waals surface area contributed by atoms with Crippen molar-refractivity contribution in [2.75, 3.05) is 4.72 Å². The van der Waals surface area contributed by atoms with Gasteiger partial charge in [-0.05, 0) is 65.4 Å². The summed E-state index contributed by atoms with van der Waals surface area (Å²) in [5, 5.41) is 3.80. The highest BCUT2D eigenvalue weighted by molar-refractivity contribution is 7.92. The van der Waals surface area contributed by atoms with E-state index in [0.717, 1.165) is 33.2 Å². The molecule has 0 radical (unpaired) electrons. The van der Waals surface area contributed by atoms with Gasteiger partial charge in [-0.15, -0.1) is 0 Å². The Bertz CT molecular complexity index is 1800. The molecule has 2 N–H and O–H groups in total. The van der Waals surface area contributed by atoms with E-state index in [9.17, 15) is 13.2 Å². The van der Waals surface area contributed by atoms with Crippen molar-refractivity contribution in [2.24, 2.45) is 0 Å². The normalized spacial score (nSPS) is 11.9. The molecule has 0 aliphatic heterocycles. The Labute approximate surface area is 242 Å². The van der Waals surface area contributed by atoms with Gasteiger partial charge in [0.1, 0.15) is 5.69 Å². The van der Waals surface area contributed by atoms with Gasteiger partial charge in [-0.3, -0.25) is 9.52 Å². The first-order valence-corrected chi connectivity index (χ1v) is 15.1. The van der Waals surface area contributed by atoms with E-state index in [1.165, 1.54) is 0 Å². The van der Waals surface area contributed by atoms with E-state index in [2.05, 4.69) is 36.9 Å². The van der Waals surface area contributed by atoms with Gasteiger partial charge in [0, 0.05) is 29.7 Å². The lowest BCUT2D eigenvalue weighted by molar-refractivity contribution is 0.0942. The number of anilines is 1. The number of rotatable bonds is 8. The molecule has 1 amide bonds. The van der Waals surface area contributed by atoms with Crippen molar-refractivity contribution in [2.45, 2.75) is 51.1 Å². The highest BCUT2D eigenvalue weighted by Gasteiger charge is 2.20. The number of amides is 1. The molecule has 0 atom stereocenters. The van der Waals surface area contributed by atoms with Crippen molar-refractivity contribution in [3.05, 3.63) is 131 Å². The zero-order valence-corrected chi connectivity index (χ0v) is 24.6. The summed E-state index contributed by atoms with van der Waals surface area (Å²) >= 11 is 0. The molecule has 1 aromatic heterocycles. The first kappa shape index (κ1) is 28.2. The molecule has 7 heteroatoms. The molecule has 5 aromatic rings. The van der Waals surface area contributed by atoms with Crippen LogP contribution in [0.3, 0.4) is 0 Å². The minimum Gasteiger partial charge on any atom is -0.347 e. The van der Waals surface area contributed by atoms with Crippen LogP contribution in [0.5, 0.6) is 0 Å². The predicted molar refractivity (Wildman–Crippen MR) is 166 cm³/mol. The number of aromatic nitrogens is 1. The molecule has 0 unspecified atom stereocenters. The Hall–Kier alpha value is -4.36. The van der Waals surface area contributed by atoms with Gasteiger partial charge in [-0.25, -0.2) is 8.42 Å². The topological polar surface area (TPSA) is 80.2 Å². The van der Waals surface area contributed by atoms with E-state index in [4.69, 9.17) is 0 Å². The van der Waals surface area contributed by atoms with Crippen molar-refractivity contribution in [3.8, 4) is 0 Å². The van der Waals surface area contributed by atoms with Crippen LogP contribution in [-0.2, 0) is 28.5 Å². The van der Waals surface area contributed by atoms with Gasteiger partial charge in [0.25, 0.3) is 15.9 Å². The van der Waals surface area contributed by atoms with Crippen LogP contribution in [0.2, 0.25) is 0 Å². The monoisotopic (exact) mass is 565 g/mol. The van der Waals surface area contributed by atoms with E-state index in [0.29, 0.717) is 24.5 Å². The second-order valence-electron chi connectivity index (χ2n) is 11.4. The molecule has 0 saturated heterocycles. The molecule has 0 bridgehead atoms. The quantitative estimate of drug-likeness (QED) is 0.212. The van der Waals surface area contributed by atoms with Crippen LogP contribution >= 0.6 is 0 Å². The Morgan fingerprint density at radius 1 is 0.805 bits per heavy atom. The Morgan fingerprint density at radius 3 is 2.20 bits per heavy atom. The molecular formula is C34H35N3O3S. The first-order chi connectivity index (χ1) is 19.5. The average molecular weight is 566 g/mol. The predicted octanol–water partition coefficient (Wildman–Crippen LogP) is 7.03. The van der Waals surface area contributed by atoms with Gasteiger partial charge in [0.2, 0.25) is 0 Å². The zero-order chi connectivity index (χ0) is 29.2. The number of nitrogens with one attached hydrogen (secondary N) is 2. The third-order valence-electron chi connectivity index (χ3n) is 7.14. The second-order valence-corrected chi connectivity index (χ2v) is 13.1. The number of fused-ring (bicyclic) bond motifs is 1. The maximum atomic E-state index is 13.4. The minimum absolute atomic E-state index is 0.0720. The van der Waals surface area contributed by atoms with Crippen LogP contribution in [0.4, 0.5) is 5.69 Å². The molecule has 6 nitrogen and oxygen atoms in total. The molecule has 0 fully saturated rings.